The van der Waals surface area contributed by atoms with E-state index in [4.69, 9.17) is 0 Å². The zero-order chi connectivity index (χ0) is 10.7. The molecule has 15 heavy (non-hydrogen) atoms. The fraction of sp³-hybridized carbons (Fsp3) is 0.600. The van der Waals surface area contributed by atoms with E-state index in [1.807, 2.05) is 17.8 Å². The summed E-state index contributed by atoms with van der Waals surface area (Å²) in [5.74, 6) is 0.169. The third kappa shape index (κ3) is 2.56. The van der Waals surface area contributed by atoms with Crippen LogP contribution in [0.15, 0.2) is 12.3 Å². The largest absolute Gasteiger partial charge is 0.352 e. The highest BCUT2D eigenvalue weighted by Crippen LogP contribution is 2.05. The normalized spacial score (nSPS) is 20.6. The van der Waals surface area contributed by atoms with Crippen molar-refractivity contribution in [1.82, 2.24) is 20.4 Å². The van der Waals surface area contributed by atoms with Crippen LogP contribution < -0.4 is 10.6 Å². The number of amides is 1. The Morgan fingerprint density at radius 2 is 2.60 bits per heavy atom. The Morgan fingerprint density at radius 1 is 1.73 bits per heavy atom. The third-order valence-corrected chi connectivity index (χ3v) is 2.70. The number of rotatable bonds is 4. The molecule has 1 amide bonds. The van der Waals surface area contributed by atoms with E-state index in [2.05, 4.69) is 15.7 Å². The molecule has 0 aromatic carbocycles. The highest BCUT2D eigenvalue weighted by atomic mass is 16.1. The van der Waals surface area contributed by atoms with Crippen molar-refractivity contribution in [2.75, 3.05) is 6.54 Å². The van der Waals surface area contributed by atoms with E-state index >= 15 is 0 Å². The fourth-order valence-electron chi connectivity index (χ4n) is 1.78. The molecule has 2 N–H and O–H groups in total. The molecule has 2 heterocycles. The highest BCUT2D eigenvalue weighted by molar-refractivity contribution is 5.78. The van der Waals surface area contributed by atoms with Crippen molar-refractivity contribution in [3.63, 3.8) is 0 Å². The van der Waals surface area contributed by atoms with E-state index in [9.17, 15) is 4.79 Å². The Kier molecular flexibility index (Phi) is 3.01. The van der Waals surface area contributed by atoms with E-state index in [-0.39, 0.29) is 5.91 Å². The first-order valence-electron chi connectivity index (χ1n) is 5.22. The zero-order valence-electron chi connectivity index (χ0n) is 8.86. The maximum atomic E-state index is 10.9. The van der Waals surface area contributed by atoms with Crippen molar-refractivity contribution in [3.8, 4) is 0 Å². The second-order valence-corrected chi connectivity index (χ2v) is 3.88. The van der Waals surface area contributed by atoms with Crippen molar-refractivity contribution >= 4 is 5.91 Å². The Labute approximate surface area is 88.8 Å². The molecule has 0 aliphatic carbocycles. The number of aryl methyl sites for hydroxylation is 1. The van der Waals surface area contributed by atoms with Gasteiger partial charge in [-0.15, -0.1) is 0 Å². The quantitative estimate of drug-likeness (QED) is 0.719. The summed E-state index contributed by atoms with van der Waals surface area (Å²) < 4.78 is 1.85. The molecule has 5 nitrogen and oxygen atoms in total. The molecule has 82 valence electrons. The molecule has 0 spiro atoms. The molecule has 1 atom stereocenters. The molecule has 1 aromatic rings. The van der Waals surface area contributed by atoms with E-state index in [1.54, 1.807) is 6.20 Å². The maximum Gasteiger partial charge on any atom is 0.220 e. The molecule has 1 fully saturated rings. The maximum absolute atomic E-state index is 10.9. The molecule has 1 aromatic heterocycles. The second kappa shape index (κ2) is 4.44. The average Bonchev–Trinajstić information content (AvgIpc) is 2.77. The van der Waals surface area contributed by atoms with Crippen molar-refractivity contribution in [2.24, 2.45) is 7.05 Å². The van der Waals surface area contributed by atoms with Crippen LogP contribution in [0.5, 0.6) is 0 Å². The van der Waals surface area contributed by atoms with Crippen molar-refractivity contribution in [3.05, 3.63) is 18.0 Å². The van der Waals surface area contributed by atoms with Crippen LogP contribution in [0.2, 0.25) is 0 Å². The number of carbonyl (C=O) groups is 1. The minimum Gasteiger partial charge on any atom is -0.352 e. The summed E-state index contributed by atoms with van der Waals surface area (Å²) in [6.07, 6.45) is 3.39. The summed E-state index contributed by atoms with van der Waals surface area (Å²) in [6.45, 7) is 1.62. The number of nitrogens with zero attached hydrogens (tertiary/aromatic N) is 2. The van der Waals surface area contributed by atoms with Gasteiger partial charge in [0.1, 0.15) is 0 Å². The van der Waals surface area contributed by atoms with Gasteiger partial charge in [0.15, 0.2) is 0 Å². The summed E-state index contributed by atoms with van der Waals surface area (Å²) >= 11 is 0. The van der Waals surface area contributed by atoms with Crippen LogP contribution in [-0.2, 0) is 18.4 Å². The second-order valence-electron chi connectivity index (χ2n) is 3.88. The van der Waals surface area contributed by atoms with E-state index in [0.717, 1.165) is 25.2 Å². The summed E-state index contributed by atoms with van der Waals surface area (Å²) in [6, 6.07) is 2.28. The predicted molar refractivity (Wildman–Crippen MR) is 56.1 cm³/mol. The highest BCUT2D eigenvalue weighted by Gasteiger charge is 2.19. The van der Waals surface area contributed by atoms with Gasteiger partial charge in [0, 0.05) is 38.8 Å². The lowest BCUT2D eigenvalue weighted by atomic mass is 10.2. The topological polar surface area (TPSA) is 59.0 Å². The van der Waals surface area contributed by atoms with Gasteiger partial charge in [0.25, 0.3) is 0 Å². The molecule has 0 radical (unpaired) electrons. The van der Waals surface area contributed by atoms with Gasteiger partial charge in [-0.2, -0.15) is 5.10 Å². The van der Waals surface area contributed by atoms with Crippen LogP contribution in [0.1, 0.15) is 18.5 Å². The summed E-state index contributed by atoms with van der Waals surface area (Å²) in [5, 5.41) is 10.3. The molecule has 1 aliphatic rings. The zero-order valence-corrected chi connectivity index (χ0v) is 8.86. The van der Waals surface area contributed by atoms with Crippen molar-refractivity contribution in [1.29, 1.82) is 0 Å². The van der Waals surface area contributed by atoms with Crippen LogP contribution in [0.25, 0.3) is 0 Å². The smallest absolute Gasteiger partial charge is 0.220 e. The summed E-state index contributed by atoms with van der Waals surface area (Å²) in [7, 11) is 1.92. The van der Waals surface area contributed by atoms with Gasteiger partial charge < -0.3 is 10.6 Å². The first kappa shape index (κ1) is 10.2. The Hall–Kier alpha value is -1.36. The standard InChI is InChI=1S/C10H16N4O/c1-14-9(4-5-12-14)7-11-6-8-2-3-10(15)13-8/h4-5,8,11H,2-3,6-7H2,1H3,(H,13,15). The van der Waals surface area contributed by atoms with Crippen LogP contribution in [0, 0.1) is 0 Å². The monoisotopic (exact) mass is 208 g/mol. The molecular formula is C10H16N4O. The van der Waals surface area contributed by atoms with Gasteiger partial charge in [-0.05, 0) is 12.5 Å². The Morgan fingerprint density at radius 3 is 3.20 bits per heavy atom. The van der Waals surface area contributed by atoms with Gasteiger partial charge in [-0.1, -0.05) is 0 Å². The lowest BCUT2D eigenvalue weighted by molar-refractivity contribution is -0.119. The Bertz CT molecular complexity index is 347. The molecule has 2 rings (SSSR count). The lowest BCUT2D eigenvalue weighted by Gasteiger charge is -2.11. The molecular weight excluding hydrogens is 192 g/mol. The molecule has 1 unspecified atom stereocenters. The summed E-state index contributed by atoms with van der Waals surface area (Å²) in [4.78, 5) is 10.9. The molecule has 5 heteroatoms. The number of nitrogens with one attached hydrogen (secondary N) is 2. The van der Waals surface area contributed by atoms with E-state index in [1.165, 1.54) is 0 Å². The van der Waals surface area contributed by atoms with E-state index in [0.29, 0.717) is 12.5 Å². The minimum absolute atomic E-state index is 0.169. The van der Waals surface area contributed by atoms with Crippen LogP contribution >= 0.6 is 0 Å². The van der Waals surface area contributed by atoms with Gasteiger partial charge in [0.2, 0.25) is 5.91 Å². The number of hydrogen-bond donors (Lipinski definition) is 2. The number of hydrogen-bond acceptors (Lipinski definition) is 3. The molecule has 0 saturated carbocycles. The van der Waals surface area contributed by atoms with Gasteiger partial charge in [-0.25, -0.2) is 0 Å². The van der Waals surface area contributed by atoms with Crippen LogP contribution in [0.3, 0.4) is 0 Å². The SMILES string of the molecule is Cn1nccc1CNCC1CCC(=O)N1. The van der Waals surface area contributed by atoms with E-state index < -0.39 is 0 Å². The Balaban J connectivity index is 1.71. The minimum atomic E-state index is 0.169. The van der Waals surface area contributed by atoms with Gasteiger partial charge in [-0.3, -0.25) is 9.48 Å². The van der Waals surface area contributed by atoms with Crippen molar-refractivity contribution < 1.29 is 4.79 Å². The number of carbonyl (C=O) groups excluding carboxylic acids is 1. The first-order chi connectivity index (χ1) is 7.25. The van der Waals surface area contributed by atoms with Crippen LogP contribution in [-0.4, -0.2) is 28.3 Å². The van der Waals surface area contributed by atoms with Crippen molar-refractivity contribution in [2.45, 2.75) is 25.4 Å². The molecule has 0 bridgehead atoms. The molecule has 1 saturated heterocycles. The van der Waals surface area contributed by atoms with Crippen LogP contribution in [0.4, 0.5) is 0 Å². The summed E-state index contributed by atoms with van der Waals surface area (Å²) in [5.41, 5.74) is 1.15. The predicted octanol–water partition coefficient (Wildman–Crippen LogP) is -0.212. The number of aromatic nitrogens is 2. The van der Waals surface area contributed by atoms with Gasteiger partial charge in [0.05, 0.1) is 5.69 Å². The lowest BCUT2D eigenvalue weighted by Crippen LogP contribution is -2.35. The third-order valence-electron chi connectivity index (χ3n) is 2.70. The fourth-order valence-corrected chi connectivity index (χ4v) is 1.78. The van der Waals surface area contributed by atoms with Gasteiger partial charge >= 0.3 is 0 Å². The first-order valence-corrected chi connectivity index (χ1v) is 5.22. The average molecular weight is 208 g/mol. The molecule has 1 aliphatic heterocycles.